The average Bonchev–Trinajstić information content (AvgIpc) is 2.21. The lowest BCUT2D eigenvalue weighted by Crippen LogP contribution is -1.92. The van der Waals surface area contributed by atoms with E-state index in [0.717, 1.165) is 17.7 Å². The van der Waals surface area contributed by atoms with Crippen LogP contribution in [0.25, 0.3) is 5.57 Å². The first-order chi connectivity index (χ1) is 6.79. The summed E-state index contributed by atoms with van der Waals surface area (Å²) in [7, 11) is 0. The van der Waals surface area contributed by atoms with Gasteiger partial charge in [0, 0.05) is 23.7 Å². The molecule has 2 heteroatoms. The Morgan fingerprint density at radius 2 is 2.14 bits per heavy atom. The van der Waals surface area contributed by atoms with Gasteiger partial charge in [-0.2, -0.15) is 0 Å². The van der Waals surface area contributed by atoms with Gasteiger partial charge in [-0.05, 0) is 25.0 Å². The van der Waals surface area contributed by atoms with Crippen molar-refractivity contribution in [1.82, 2.24) is 0 Å². The summed E-state index contributed by atoms with van der Waals surface area (Å²) in [5.74, 6) is 0. The number of para-hydroxylation sites is 1. The molecule has 0 unspecified atom stereocenters. The van der Waals surface area contributed by atoms with Crippen LogP contribution in [0, 0.1) is 0 Å². The van der Waals surface area contributed by atoms with E-state index in [9.17, 15) is 0 Å². The Morgan fingerprint density at radius 3 is 2.71 bits per heavy atom. The zero-order valence-corrected chi connectivity index (χ0v) is 8.70. The molecule has 0 aliphatic carbocycles. The van der Waals surface area contributed by atoms with Gasteiger partial charge in [-0.25, -0.2) is 0 Å². The van der Waals surface area contributed by atoms with Crippen molar-refractivity contribution < 1.29 is 0 Å². The number of anilines is 1. The highest BCUT2D eigenvalue weighted by molar-refractivity contribution is 5.75. The van der Waals surface area contributed by atoms with Gasteiger partial charge in [0.2, 0.25) is 0 Å². The normalized spacial score (nSPS) is 12.3. The predicted octanol–water partition coefficient (Wildman–Crippen LogP) is 3.11. The third-order valence-corrected chi connectivity index (χ3v) is 2.07. The SMILES string of the molecule is C/C=N/C=C(\CC)c1ccccc1N. The molecule has 0 heterocycles. The first-order valence-corrected chi connectivity index (χ1v) is 4.81. The van der Waals surface area contributed by atoms with Gasteiger partial charge in [0.15, 0.2) is 0 Å². The minimum atomic E-state index is 0.812. The molecule has 0 bridgehead atoms. The summed E-state index contributed by atoms with van der Waals surface area (Å²) in [5, 5.41) is 0. The van der Waals surface area contributed by atoms with Crippen molar-refractivity contribution in [2.45, 2.75) is 20.3 Å². The molecular formula is C12H16N2. The van der Waals surface area contributed by atoms with Gasteiger partial charge in [-0.1, -0.05) is 25.1 Å². The van der Waals surface area contributed by atoms with Crippen LogP contribution in [-0.2, 0) is 0 Å². The molecule has 1 aromatic carbocycles. The Hall–Kier alpha value is -1.57. The molecule has 14 heavy (non-hydrogen) atoms. The summed E-state index contributed by atoms with van der Waals surface area (Å²) in [6.45, 7) is 4.00. The lowest BCUT2D eigenvalue weighted by atomic mass is 10.0. The highest BCUT2D eigenvalue weighted by Gasteiger charge is 2.01. The summed E-state index contributed by atoms with van der Waals surface area (Å²) in [6.07, 6.45) is 4.58. The Kier molecular flexibility index (Phi) is 3.92. The number of nitrogen functional groups attached to an aromatic ring is 1. The molecule has 2 nitrogen and oxygen atoms in total. The highest BCUT2D eigenvalue weighted by Crippen LogP contribution is 2.23. The standard InChI is InChI=1S/C12H16N2/c1-3-10(9-14-4-2)11-7-5-6-8-12(11)13/h4-9H,3,13H2,1-2H3/b10-9+,14-4+. The largest absolute Gasteiger partial charge is 0.398 e. The topological polar surface area (TPSA) is 38.4 Å². The number of benzene rings is 1. The van der Waals surface area contributed by atoms with E-state index < -0.39 is 0 Å². The van der Waals surface area contributed by atoms with Crippen molar-refractivity contribution in [2.75, 3.05) is 5.73 Å². The molecule has 0 aliphatic rings. The zero-order chi connectivity index (χ0) is 10.4. The Bertz CT molecular complexity index is 351. The predicted molar refractivity (Wildman–Crippen MR) is 63.3 cm³/mol. The number of hydrogen-bond donors (Lipinski definition) is 1. The second-order valence-corrected chi connectivity index (χ2v) is 3.00. The number of rotatable bonds is 3. The van der Waals surface area contributed by atoms with E-state index in [2.05, 4.69) is 11.9 Å². The first-order valence-electron chi connectivity index (χ1n) is 4.81. The number of nitrogens with two attached hydrogens (primary N) is 1. The number of hydrogen-bond acceptors (Lipinski definition) is 2. The molecular weight excluding hydrogens is 172 g/mol. The molecule has 0 saturated heterocycles. The van der Waals surface area contributed by atoms with Crippen molar-refractivity contribution in [3.63, 3.8) is 0 Å². The average molecular weight is 188 g/mol. The quantitative estimate of drug-likeness (QED) is 0.574. The van der Waals surface area contributed by atoms with E-state index in [1.54, 1.807) is 6.21 Å². The van der Waals surface area contributed by atoms with Crippen LogP contribution >= 0.6 is 0 Å². The Balaban J connectivity index is 3.07. The van der Waals surface area contributed by atoms with Gasteiger partial charge in [0.25, 0.3) is 0 Å². The molecule has 0 fully saturated rings. The van der Waals surface area contributed by atoms with E-state index in [1.165, 1.54) is 5.57 Å². The van der Waals surface area contributed by atoms with Crippen molar-refractivity contribution in [3.05, 3.63) is 36.0 Å². The van der Waals surface area contributed by atoms with Gasteiger partial charge in [-0.3, -0.25) is 4.99 Å². The summed E-state index contributed by atoms with van der Waals surface area (Å²) in [4.78, 5) is 4.12. The Morgan fingerprint density at radius 1 is 1.43 bits per heavy atom. The molecule has 0 amide bonds. The van der Waals surface area contributed by atoms with E-state index >= 15 is 0 Å². The minimum Gasteiger partial charge on any atom is -0.398 e. The van der Waals surface area contributed by atoms with Crippen LogP contribution in [0.2, 0.25) is 0 Å². The van der Waals surface area contributed by atoms with Crippen molar-refractivity contribution >= 4 is 17.5 Å². The van der Waals surface area contributed by atoms with Crippen molar-refractivity contribution in [1.29, 1.82) is 0 Å². The first kappa shape index (κ1) is 10.5. The lowest BCUT2D eigenvalue weighted by molar-refractivity contribution is 1.23. The molecule has 0 radical (unpaired) electrons. The lowest BCUT2D eigenvalue weighted by Gasteiger charge is -2.06. The summed E-state index contributed by atoms with van der Waals surface area (Å²) in [5.41, 5.74) is 8.94. The Labute approximate surface area is 85.2 Å². The van der Waals surface area contributed by atoms with Crippen LogP contribution in [0.1, 0.15) is 25.8 Å². The monoisotopic (exact) mass is 188 g/mol. The van der Waals surface area contributed by atoms with Gasteiger partial charge in [-0.15, -0.1) is 0 Å². The van der Waals surface area contributed by atoms with Crippen LogP contribution in [0.3, 0.4) is 0 Å². The second kappa shape index (κ2) is 5.22. The molecule has 0 aromatic heterocycles. The van der Waals surface area contributed by atoms with Crippen LogP contribution in [0.15, 0.2) is 35.5 Å². The molecule has 1 aromatic rings. The second-order valence-electron chi connectivity index (χ2n) is 3.00. The molecule has 0 aliphatic heterocycles. The van der Waals surface area contributed by atoms with Crippen molar-refractivity contribution in [3.8, 4) is 0 Å². The molecule has 0 saturated carbocycles. The number of aliphatic imine (C=N–C) groups is 1. The third-order valence-electron chi connectivity index (χ3n) is 2.07. The smallest absolute Gasteiger partial charge is 0.0390 e. The van der Waals surface area contributed by atoms with Gasteiger partial charge in [0.1, 0.15) is 0 Å². The number of allylic oxidation sites excluding steroid dienone is 1. The van der Waals surface area contributed by atoms with Crippen LogP contribution in [0.5, 0.6) is 0 Å². The molecule has 1 rings (SSSR count). The van der Waals surface area contributed by atoms with E-state index in [1.807, 2.05) is 37.4 Å². The molecule has 0 spiro atoms. The minimum absolute atomic E-state index is 0.812. The highest BCUT2D eigenvalue weighted by atomic mass is 14.7. The molecule has 0 atom stereocenters. The fourth-order valence-corrected chi connectivity index (χ4v) is 1.31. The van der Waals surface area contributed by atoms with E-state index in [0.29, 0.717) is 0 Å². The summed E-state index contributed by atoms with van der Waals surface area (Å²) in [6, 6.07) is 7.87. The fraction of sp³-hybridized carbons (Fsp3) is 0.250. The van der Waals surface area contributed by atoms with Crippen molar-refractivity contribution in [2.24, 2.45) is 4.99 Å². The maximum absolute atomic E-state index is 5.88. The molecule has 74 valence electrons. The van der Waals surface area contributed by atoms with Gasteiger partial charge in [0.05, 0.1) is 0 Å². The van der Waals surface area contributed by atoms with Crippen LogP contribution < -0.4 is 5.73 Å². The fourth-order valence-electron chi connectivity index (χ4n) is 1.31. The molecule has 2 N–H and O–H groups in total. The summed E-state index contributed by atoms with van der Waals surface area (Å²) < 4.78 is 0. The van der Waals surface area contributed by atoms with Gasteiger partial charge < -0.3 is 5.73 Å². The zero-order valence-electron chi connectivity index (χ0n) is 8.70. The number of nitrogens with zero attached hydrogens (tertiary/aromatic N) is 1. The summed E-state index contributed by atoms with van der Waals surface area (Å²) >= 11 is 0. The van der Waals surface area contributed by atoms with E-state index in [4.69, 9.17) is 5.73 Å². The van der Waals surface area contributed by atoms with Crippen LogP contribution in [-0.4, -0.2) is 6.21 Å². The van der Waals surface area contributed by atoms with Gasteiger partial charge >= 0.3 is 0 Å². The third kappa shape index (κ3) is 2.46. The van der Waals surface area contributed by atoms with E-state index in [-0.39, 0.29) is 0 Å². The maximum Gasteiger partial charge on any atom is 0.0390 e. The maximum atomic E-state index is 5.88. The van der Waals surface area contributed by atoms with Crippen LogP contribution in [0.4, 0.5) is 5.69 Å².